The number of nitrogens with zero attached hydrogens (tertiary/aromatic N) is 1. The van der Waals surface area contributed by atoms with Crippen molar-refractivity contribution in [1.82, 2.24) is 14.9 Å². The fourth-order valence-electron chi connectivity index (χ4n) is 4.55. The number of rotatable bonds is 2. The molecule has 0 radical (unpaired) electrons. The molecule has 0 saturated heterocycles. The zero-order valence-electron chi connectivity index (χ0n) is 16.9. The van der Waals surface area contributed by atoms with Crippen LogP contribution in [0.4, 0.5) is 17.6 Å². The van der Waals surface area contributed by atoms with Crippen LogP contribution in [-0.2, 0) is 6.42 Å². The number of benzene rings is 2. The van der Waals surface area contributed by atoms with Gasteiger partial charge in [-0.2, -0.15) is 0 Å². The highest BCUT2D eigenvalue weighted by atomic mass is 19.2. The van der Waals surface area contributed by atoms with Gasteiger partial charge in [0.25, 0.3) is 11.5 Å². The van der Waals surface area contributed by atoms with Crippen molar-refractivity contribution in [1.29, 1.82) is 0 Å². The lowest BCUT2D eigenvalue weighted by atomic mass is 9.86. The minimum Gasteiger partial charge on any atom is -0.350 e. The van der Waals surface area contributed by atoms with Crippen molar-refractivity contribution in [3.05, 3.63) is 80.9 Å². The lowest BCUT2D eigenvalue weighted by Gasteiger charge is -2.33. The van der Waals surface area contributed by atoms with Crippen LogP contribution >= 0.6 is 0 Å². The zero-order valence-corrected chi connectivity index (χ0v) is 16.9. The van der Waals surface area contributed by atoms with Crippen molar-refractivity contribution >= 4 is 27.6 Å². The molecular weight excluding hydrogens is 426 g/mol. The van der Waals surface area contributed by atoms with Crippen molar-refractivity contribution in [2.24, 2.45) is 0 Å². The molecule has 0 unspecified atom stereocenters. The number of aryl methyl sites for hydroxylation is 1. The summed E-state index contributed by atoms with van der Waals surface area (Å²) in [4.78, 5) is 32.6. The smallest absolute Gasteiger partial charge is 0.270 e. The molecule has 0 aliphatic heterocycles. The van der Waals surface area contributed by atoms with E-state index in [1.165, 1.54) is 11.0 Å². The van der Waals surface area contributed by atoms with Gasteiger partial charge in [-0.05, 0) is 48.9 Å². The van der Waals surface area contributed by atoms with Crippen LogP contribution in [0.5, 0.6) is 0 Å². The van der Waals surface area contributed by atoms with Gasteiger partial charge in [-0.15, -0.1) is 0 Å². The maximum absolute atomic E-state index is 14.1. The summed E-state index contributed by atoms with van der Waals surface area (Å²) >= 11 is 0. The molecule has 2 aromatic carbocycles. The Morgan fingerprint density at radius 2 is 1.59 bits per heavy atom. The average molecular weight is 443 g/mol. The number of amides is 1. The monoisotopic (exact) mass is 443 g/mol. The van der Waals surface area contributed by atoms with E-state index in [9.17, 15) is 27.2 Å². The number of nitrogens with one attached hydrogen (secondary N) is 2. The summed E-state index contributed by atoms with van der Waals surface area (Å²) in [6.45, 7) is 0. The number of carbonyl (C=O) groups is 1. The van der Waals surface area contributed by atoms with E-state index in [-0.39, 0.29) is 22.0 Å². The van der Waals surface area contributed by atoms with Gasteiger partial charge in [0.05, 0.1) is 11.4 Å². The average Bonchev–Trinajstić information content (AvgIpc) is 3.16. The van der Waals surface area contributed by atoms with E-state index in [0.29, 0.717) is 35.9 Å². The molecule has 0 fully saturated rings. The molecular formula is C23H17F4N3O2. The predicted octanol–water partition coefficient (Wildman–Crippen LogP) is 4.72. The molecule has 4 aromatic rings. The van der Waals surface area contributed by atoms with Crippen molar-refractivity contribution in [3.8, 4) is 0 Å². The molecule has 5 rings (SSSR count). The Morgan fingerprint density at radius 1 is 0.938 bits per heavy atom. The molecule has 9 heteroatoms. The third-order valence-corrected chi connectivity index (χ3v) is 6.10. The number of hydrogen-bond donors (Lipinski definition) is 2. The molecule has 2 N–H and O–H groups in total. The highest BCUT2D eigenvalue weighted by Gasteiger charge is 2.31. The van der Waals surface area contributed by atoms with E-state index < -0.39 is 40.8 Å². The van der Waals surface area contributed by atoms with Gasteiger partial charge in [0.1, 0.15) is 5.69 Å². The maximum atomic E-state index is 14.1. The second-order valence-electron chi connectivity index (χ2n) is 8.02. The predicted molar refractivity (Wildman–Crippen MR) is 110 cm³/mol. The zero-order chi connectivity index (χ0) is 22.7. The van der Waals surface area contributed by atoms with E-state index in [2.05, 4.69) is 9.97 Å². The highest BCUT2D eigenvalue weighted by Crippen LogP contribution is 2.37. The van der Waals surface area contributed by atoms with E-state index in [0.717, 1.165) is 24.3 Å². The van der Waals surface area contributed by atoms with Crippen LogP contribution in [0.2, 0.25) is 0 Å². The summed E-state index contributed by atoms with van der Waals surface area (Å²) in [7, 11) is 1.56. The number of H-pyrrole nitrogens is 2. The Labute approximate surface area is 178 Å². The van der Waals surface area contributed by atoms with Crippen LogP contribution in [0.3, 0.4) is 0 Å². The molecule has 5 nitrogen and oxygen atoms in total. The molecule has 164 valence electrons. The number of carbonyl (C=O) groups excluding carboxylic acids is 1. The number of pyridine rings is 1. The first-order valence-corrected chi connectivity index (χ1v) is 10.0. The van der Waals surface area contributed by atoms with Gasteiger partial charge in [0.2, 0.25) is 0 Å². The van der Waals surface area contributed by atoms with E-state index in [4.69, 9.17) is 0 Å². The Balaban J connectivity index is 1.61. The van der Waals surface area contributed by atoms with Crippen molar-refractivity contribution < 1.29 is 22.4 Å². The van der Waals surface area contributed by atoms with Gasteiger partial charge in [0.15, 0.2) is 23.3 Å². The number of aromatic nitrogens is 2. The van der Waals surface area contributed by atoms with Crippen LogP contribution < -0.4 is 5.56 Å². The standard InChI is InChI=1S/C23H17F4N3O2/c1-30(23(32)19-6-10-5-13(24)16(27)9-18(10)28-19)20-4-2-3-17-21(20)11-7-14(25)15(26)8-12(11)22(31)29-17/h5-9,20,28H,2-4H2,1H3,(H,29,31)/t20-/m0/s1. The third-order valence-electron chi connectivity index (χ3n) is 6.10. The van der Waals surface area contributed by atoms with Crippen LogP contribution in [0.25, 0.3) is 21.7 Å². The van der Waals surface area contributed by atoms with Crippen LogP contribution in [0.15, 0.2) is 35.1 Å². The van der Waals surface area contributed by atoms with E-state index in [1.54, 1.807) is 7.05 Å². The Morgan fingerprint density at radius 3 is 2.34 bits per heavy atom. The third kappa shape index (κ3) is 3.07. The molecule has 1 atom stereocenters. The number of fused-ring (bicyclic) bond motifs is 4. The first-order chi connectivity index (χ1) is 15.2. The summed E-state index contributed by atoms with van der Waals surface area (Å²) in [6, 6.07) is 4.74. The first kappa shape index (κ1) is 20.3. The Bertz CT molecular complexity index is 1440. The number of aromatic amines is 2. The largest absolute Gasteiger partial charge is 0.350 e. The lowest BCUT2D eigenvalue weighted by molar-refractivity contribution is 0.0710. The molecule has 32 heavy (non-hydrogen) atoms. The molecule has 0 saturated carbocycles. The van der Waals surface area contributed by atoms with Crippen LogP contribution in [0.1, 0.15) is 40.6 Å². The van der Waals surface area contributed by atoms with Crippen LogP contribution in [0, 0.1) is 23.3 Å². The van der Waals surface area contributed by atoms with Crippen LogP contribution in [-0.4, -0.2) is 27.8 Å². The Kier molecular flexibility index (Phi) is 4.58. The maximum Gasteiger partial charge on any atom is 0.270 e. The topological polar surface area (TPSA) is 69.0 Å². The molecule has 2 aromatic heterocycles. The summed E-state index contributed by atoms with van der Waals surface area (Å²) in [5, 5.41) is 0.608. The normalized spacial score (nSPS) is 15.8. The summed E-state index contributed by atoms with van der Waals surface area (Å²) < 4.78 is 54.9. The van der Waals surface area contributed by atoms with Gasteiger partial charge in [-0.1, -0.05) is 0 Å². The molecule has 0 spiro atoms. The summed E-state index contributed by atoms with van der Waals surface area (Å²) in [6.07, 6.45) is 1.74. The number of halogens is 4. The minimum absolute atomic E-state index is 0.00645. The first-order valence-electron chi connectivity index (χ1n) is 10.0. The van der Waals surface area contributed by atoms with Gasteiger partial charge in [-0.25, -0.2) is 17.6 Å². The lowest BCUT2D eigenvalue weighted by Crippen LogP contribution is -2.34. The fraction of sp³-hybridized carbons (Fsp3) is 0.217. The number of hydrogen-bond acceptors (Lipinski definition) is 2. The van der Waals surface area contributed by atoms with Gasteiger partial charge in [-0.3, -0.25) is 9.59 Å². The van der Waals surface area contributed by atoms with E-state index >= 15 is 0 Å². The SMILES string of the molecule is CN(C(=O)c1cc2cc(F)c(F)cc2[nH]1)[C@H]1CCCc2[nH]c(=O)c3cc(F)c(F)cc3c21. The quantitative estimate of drug-likeness (QED) is 0.441. The highest BCUT2D eigenvalue weighted by molar-refractivity contribution is 5.98. The van der Waals surface area contributed by atoms with Crippen molar-refractivity contribution in [2.45, 2.75) is 25.3 Å². The van der Waals surface area contributed by atoms with E-state index in [1.807, 2.05) is 0 Å². The molecule has 1 aliphatic carbocycles. The molecule has 1 aliphatic rings. The van der Waals surface area contributed by atoms with Gasteiger partial charge < -0.3 is 14.9 Å². The summed E-state index contributed by atoms with van der Waals surface area (Å²) in [5.74, 6) is -4.70. The Hall–Kier alpha value is -3.62. The molecule has 0 bridgehead atoms. The van der Waals surface area contributed by atoms with Crippen molar-refractivity contribution in [3.63, 3.8) is 0 Å². The minimum atomic E-state index is -1.13. The van der Waals surface area contributed by atoms with Gasteiger partial charge in [0, 0.05) is 35.3 Å². The second-order valence-corrected chi connectivity index (χ2v) is 8.02. The fourth-order valence-corrected chi connectivity index (χ4v) is 4.55. The molecule has 2 heterocycles. The summed E-state index contributed by atoms with van der Waals surface area (Å²) in [5.41, 5.74) is 1.02. The van der Waals surface area contributed by atoms with Gasteiger partial charge >= 0.3 is 0 Å². The van der Waals surface area contributed by atoms with Crippen molar-refractivity contribution in [2.75, 3.05) is 7.05 Å². The molecule has 1 amide bonds. The second kappa shape index (κ2) is 7.22.